The Bertz CT molecular complexity index is 267. The maximum absolute atomic E-state index is 5.74. The van der Waals surface area contributed by atoms with Crippen molar-refractivity contribution in [1.29, 1.82) is 0 Å². The molecule has 1 aliphatic carbocycles. The molecule has 104 valence electrons. The first-order chi connectivity index (χ1) is 8.85. The van der Waals surface area contributed by atoms with E-state index in [9.17, 15) is 0 Å². The molecule has 0 amide bonds. The van der Waals surface area contributed by atoms with Gasteiger partial charge >= 0.3 is 0 Å². The van der Waals surface area contributed by atoms with Gasteiger partial charge in [-0.2, -0.15) is 0 Å². The highest BCUT2D eigenvalue weighted by Gasteiger charge is 2.34. The van der Waals surface area contributed by atoms with E-state index in [2.05, 4.69) is 17.1 Å². The fourth-order valence-corrected chi connectivity index (χ4v) is 3.48. The lowest BCUT2D eigenvalue weighted by molar-refractivity contribution is -0.000536. The summed E-state index contributed by atoms with van der Waals surface area (Å²) in [5.41, 5.74) is 0. The second kappa shape index (κ2) is 5.89. The predicted octanol–water partition coefficient (Wildman–Crippen LogP) is 2.02. The molecule has 2 saturated heterocycles. The first kappa shape index (κ1) is 12.9. The summed E-state index contributed by atoms with van der Waals surface area (Å²) in [6.45, 7) is 7.11. The number of hydrogen-bond acceptors (Lipinski definition) is 3. The number of hydrogen-bond donors (Lipinski definition) is 1. The van der Waals surface area contributed by atoms with Gasteiger partial charge in [0.05, 0.1) is 6.10 Å². The maximum atomic E-state index is 5.74. The summed E-state index contributed by atoms with van der Waals surface area (Å²) < 4.78 is 5.74. The van der Waals surface area contributed by atoms with Gasteiger partial charge < -0.3 is 15.0 Å². The molecule has 3 unspecified atom stereocenters. The second-order valence-corrected chi connectivity index (χ2v) is 6.41. The van der Waals surface area contributed by atoms with Gasteiger partial charge in [-0.3, -0.25) is 0 Å². The lowest BCUT2D eigenvalue weighted by Crippen LogP contribution is -2.41. The van der Waals surface area contributed by atoms with Crippen molar-refractivity contribution in [2.24, 2.45) is 5.92 Å². The van der Waals surface area contributed by atoms with Crippen LogP contribution in [0.25, 0.3) is 0 Å². The van der Waals surface area contributed by atoms with Gasteiger partial charge in [0.15, 0.2) is 0 Å². The Hall–Kier alpha value is -0.120. The molecule has 3 fully saturated rings. The molecule has 0 aromatic heterocycles. The summed E-state index contributed by atoms with van der Waals surface area (Å²) in [6, 6.07) is 1.67. The number of ether oxygens (including phenoxy) is 1. The molecule has 0 aromatic rings. The zero-order chi connectivity index (χ0) is 12.4. The van der Waals surface area contributed by atoms with Gasteiger partial charge in [-0.05, 0) is 57.5 Å². The Morgan fingerprint density at radius 1 is 1.22 bits per heavy atom. The number of rotatable bonds is 5. The fraction of sp³-hybridized carbons (Fsp3) is 1.00. The van der Waals surface area contributed by atoms with Crippen molar-refractivity contribution in [3.8, 4) is 0 Å². The van der Waals surface area contributed by atoms with E-state index in [1.54, 1.807) is 0 Å². The van der Waals surface area contributed by atoms with Crippen LogP contribution < -0.4 is 5.32 Å². The van der Waals surface area contributed by atoms with Gasteiger partial charge in [0.1, 0.15) is 0 Å². The third-order valence-corrected chi connectivity index (χ3v) is 4.90. The SMILES string of the molecule is CCC1CC(NCC2CCN(C3CC3)C2)CCO1. The van der Waals surface area contributed by atoms with E-state index < -0.39 is 0 Å². The van der Waals surface area contributed by atoms with Crippen molar-refractivity contribution >= 4 is 0 Å². The van der Waals surface area contributed by atoms with Gasteiger partial charge in [0.2, 0.25) is 0 Å². The van der Waals surface area contributed by atoms with Gasteiger partial charge in [0, 0.05) is 25.2 Å². The Morgan fingerprint density at radius 2 is 2.11 bits per heavy atom. The molecule has 3 nitrogen and oxygen atoms in total. The lowest BCUT2D eigenvalue weighted by Gasteiger charge is -2.30. The molecule has 3 aliphatic rings. The van der Waals surface area contributed by atoms with E-state index in [4.69, 9.17) is 4.74 Å². The van der Waals surface area contributed by atoms with Crippen LogP contribution in [0, 0.1) is 5.92 Å². The van der Waals surface area contributed by atoms with Crippen LogP contribution in [0.2, 0.25) is 0 Å². The minimum absolute atomic E-state index is 0.503. The van der Waals surface area contributed by atoms with Gasteiger partial charge in [0.25, 0.3) is 0 Å². The molecule has 2 heterocycles. The summed E-state index contributed by atoms with van der Waals surface area (Å²) >= 11 is 0. The largest absolute Gasteiger partial charge is 0.378 e. The summed E-state index contributed by atoms with van der Waals surface area (Å²) in [4.78, 5) is 2.71. The van der Waals surface area contributed by atoms with Crippen LogP contribution in [0.15, 0.2) is 0 Å². The molecule has 3 atom stereocenters. The average Bonchev–Trinajstić information content (AvgIpc) is 3.16. The fourth-order valence-electron chi connectivity index (χ4n) is 3.48. The first-order valence-corrected chi connectivity index (χ1v) is 7.94. The predicted molar refractivity (Wildman–Crippen MR) is 73.8 cm³/mol. The quantitative estimate of drug-likeness (QED) is 0.810. The van der Waals surface area contributed by atoms with Crippen molar-refractivity contribution in [2.45, 2.75) is 63.6 Å². The average molecular weight is 252 g/mol. The van der Waals surface area contributed by atoms with Gasteiger partial charge in [-0.1, -0.05) is 6.92 Å². The number of likely N-dealkylation sites (tertiary alicyclic amines) is 1. The maximum Gasteiger partial charge on any atom is 0.0587 e. The van der Waals surface area contributed by atoms with Crippen molar-refractivity contribution < 1.29 is 4.74 Å². The second-order valence-electron chi connectivity index (χ2n) is 6.41. The van der Waals surface area contributed by atoms with Gasteiger partial charge in [-0.25, -0.2) is 0 Å². The molecule has 0 spiro atoms. The Morgan fingerprint density at radius 3 is 2.89 bits per heavy atom. The molecule has 1 N–H and O–H groups in total. The normalized spacial score (nSPS) is 38.2. The molecule has 0 radical (unpaired) electrons. The van der Waals surface area contributed by atoms with Crippen molar-refractivity contribution in [1.82, 2.24) is 10.2 Å². The number of nitrogens with one attached hydrogen (secondary N) is 1. The van der Waals surface area contributed by atoms with E-state index in [-0.39, 0.29) is 0 Å². The monoisotopic (exact) mass is 252 g/mol. The zero-order valence-electron chi connectivity index (χ0n) is 11.7. The standard InChI is InChI=1S/C15H28N2O/c1-2-15-9-13(6-8-18-15)16-10-12-5-7-17(11-12)14-3-4-14/h12-16H,2-11H2,1H3. The topological polar surface area (TPSA) is 24.5 Å². The third kappa shape index (κ3) is 3.25. The molecule has 0 aromatic carbocycles. The highest BCUT2D eigenvalue weighted by Crippen LogP contribution is 2.31. The minimum Gasteiger partial charge on any atom is -0.378 e. The summed E-state index contributed by atoms with van der Waals surface area (Å²) in [7, 11) is 0. The van der Waals surface area contributed by atoms with Crippen LogP contribution >= 0.6 is 0 Å². The van der Waals surface area contributed by atoms with Crippen LogP contribution in [-0.2, 0) is 4.74 Å². The molecule has 18 heavy (non-hydrogen) atoms. The molecule has 3 heteroatoms. The molecule has 2 aliphatic heterocycles. The Kier molecular flexibility index (Phi) is 4.22. The van der Waals surface area contributed by atoms with E-state index in [0.717, 1.165) is 25.0 Å². The smallest absolute Gasteiger partial charge is 0.0587 e. The van der Waals surface area contributed by atoms with E-state index in [1.165, 1.54) is 51.7 Å². The minimum atomic E-state index is 0.503. The first-order valence-electron chi connectivity index (χ1n) is 7.94. The number of nitrogens with zero attached hydrogens (tertiary/aromatic N) is 1. The molecule has 3 rings (SSSR count). The highest BCUT2D eigenvalue weighted by atomic mass is 16.5. The van der Waals surface area contributed by atoms with Crippen LogP contribution in [0.3, 0.4) is 0 Å². The van der Waals surface area contributed by atoms with Crippen LogP contribution in [0.4, 0.5) is 0 Å². The molecule has 0 bridgehead atoms. The summed E-state index contributed by atoms with van der Waals surface area (Å²) in [5.74, 6) is 0.897. The van der Waals surface area contributed by atoms with Crippen molar-refractivity contribution in [3.63, 3.8) is 0 Å². The Balaban J connectivity index is 1.36. The Labute approximate surface area is 111 Å². The third-order valence-electron chi connectivity index (χ3n) is 4.90. The zero-order valence-corrected chi connectivity index (χ0v) is 11.7. The van der Waals surface area contributed by atoms with Crippen molar-refractivity contribution in [2.75, 3.05) is 26.2 Å². The molecular weight excluding hydrogens is 224 g/mol. The summed E-state index contributed by atoms with van der Waals surface area (Å²) in [6.07, 6.45) is 8.41. The van der Waals surface area contributed by atoms with E-state index in [0.29, 0.717) is 12.1 Å². The van der Waals surface area contributed by atoms with Crippen LogP contribution in [-0.4, -0.2) is 49.3 Å². The van der Waals surface area contributed by atoms with Crippen LogP contribution in [0.1, 0.15) is 45.4 Å². The molecular formula is C15H28N2O. The van der Waals surface area contributed by atoms with Crippen LogP contribution in [0.5, 0.6) is 0 Å². The summed E-state index contributed by atoms with van der Waals surface area (Å²) in [5, 5.41) is 3.80. The van der Waals surface area contributed by atoms with E-state index >= 15 is 0 Å². The van der Waals surface area contributed by atoms with E-state index in [1.807, 2.05) is 0 Å². The van der Waals surface area contributed by atoms with Crippen molar-refractivity contribution in [3.05, 3.63) is 0 Å². The van der Waals surface area contributed by atoms with Gasteiger partial charge in [-0.15, -0.1) is 0 Å². The molecule has 1 saturated carbocycles. The highest BCUT2D eigenvalue weighted by molar-refractivity contribution is 4.90. The lowest BCUT2D eigenvalue weighted by atomic mass is 10.0.